The van der Waals surface area contributed by atoms with Gasteiger partial charge in [0, 0.05) is 35.9 Å². The van der Waals surface area contributed by atoms with Gasteiger partial charge in [-0.1, -0.05) is 12.1 Å². The number of nitriles is 1. The van der Waals surface area contributed by atoms with Crippen molar-refractivity contribution >= 4 is 28.4 Å². The summed E-state index contributed by atoms with van der Waals surface area (Å²) in [5, 5.41) is 12.3. The Morgan fingerprint density at radius 1 is 1.06 bits per heavy atom. The van der Waals surface area contributed by atoms with Crippen molar-refractivity contribution in [3.63, 3.8) is 0 Å². The summed E-state index contributed by atoms with van der Waals surface area (Å²) in [5.41, 5.74) is 11.0. The van der Waals surface area contributed by atoms with E-state index in [4.69, 9.17) is 16.0 Å². The maximum atomic E-state index is 12.8. The van der Waals surface area contributed by atoms with Crippen LogP contribution >= 0.6 is 0 Å². The second-order valence-corrected chi connectivity index (χ2v) is 8.33. The summed E-state index contributed by atoms with van der Waals surface area (Å²) in [6.07, 6.45) is 3.39. The Hall–Kier alpha value is -4.35. The Morgan fingerprint density at radius 3 is 2.59 bits per heavy atom. The summed E-state index contributed by atoms with van der Waals surface area (Å²) in [6.45, 7) is 1.34. The van der Waals surface area contributed by atoms with Crippen LogP contribution in [-0.2, 0) is 0 Å². The van der Waals surface area contributed by atoms with Gasteiger partial charge in [0.15, 0.2) is 5.82 Å². The molecule has 5 rings (SSSR count). The minimum Gasteiger partial charge on any atom is -0.338 e. The van der Waals surface area contributed by atoms with Crippen LogP contribution in [0, 0.1) is 11.3 Å². The summed E-state index contributed by atoms with van der Waals surface area (Å²) < 4.78 is 0. The highest BCUT2D eigenvalue weighted by Crippen LogP contribution is 2.26. The lowest BCUT2D eigenvalue weighted by molar-refractivity contribution is 0.0709. The fraction of sp³-hybridized carbons (Fsp3) is 0.192. The second kappa shape index (κ2) is 9.25. The maximum absolute atomic E-state index is 12.8. The topological polar surface area (TPSA) is 121 Å². The minimum absolute atomic E-state index is 0.00970. The van der Waals surface area contributed by atoms with Crippen molar-refractivity contribution in [2.75, 3.05) is 18.4 Å². The van der Waals surface area contributed by atoms with E-state index in [0.29, 0.717) is 34.5 Å². The zero-order valence-corrected chi connectivity index (χ0v) is 18.5. The molecule has 0 bridgehead atoms. The molecular formula is C26H23N7O. The molecule has 0 spiro atoms. The third-order valence-corrected chi connectivity index (χ3v) is 5.93. The van der Waals surface area contributed by atoms with Crippen LogP contribution in [0.3, 0.4) is 0 Å². The van der Waals surface area contributed by atoms with Crippen LogP contribution in [-0.4, -0.2) is 44.9 Å². The van der Waals surface area contributed by atoms with Crippen LogP contribution in [0.2, 0.25) is 0 Å². The van der Waals surface area contributed by atoms with Crippen LogP contribution < -0.4 is 11.1 Å². The first kappa shape index (κ1) is 21.5. The lowest BCUT2D eigenvalue weighted by Gasteiger charge is -2.30. The monoisotopic (exact) mass is 449 g/mol. The van der Waals surface area contributed by atoms with Crippen molar-refractivity contribution in [2.24, 2.45) is 5.73 Å². The van der Waals surface area contributed by atoms with Crippen LogP contribution in [0.15, 0.2) is 67.0 Å². The summed E-state index contributed by atoms with van der Waals surface area (Å²) in [5.74, 6) is 0.584. The van der Waals surface area contributed by atoms with E-state index in [1.165, 1.54) is 6.33 Å². The zero-order chi connectivity index (χ0) is 23.5. The van der Waals surface area contributed by atoms with Crippen molar-refractivity contribution in [3.05, 3.63) is 78.1 Å². The van der Waals surface area contributed by atoms with Gasteiger partial charge in [-0.2, -0.15) is 5.26 Å². The van der Waals surface area contributed by atoms with Crippen molar-refractivity contribution in [3.8, 4) is 17.3 Å². The van der Waals surface area contributed by atoms with Gasteiger partial charge in [0.05, 0.1) is 22.8 Å². The van der Waals surface area contributed by atoms with Gasteiger partial charge in [0.2, 0.25) is 0 Å². The number of hydrogen-bond acceptors (Lipinski definition) is 7. The fourth-order valence-electron chi connectivity index (χ4n) is 4.12. The number of piperidine rings is 1. The van der Waals surface area contributed by atoms with E-state index < -0.39 is 0 Å². The number of pyridine rings is 1. The molecule has 34 heavy (non-hydrogen) atoms. The molecule has 168 valence electrons. The van der Waals surface area contributed by atoms with Gasteiger partial charge in [0.1, 0.15) is 11.8 Å². The Morgan fingerprint density at radius 2 is 1.85 bits per heavy atom. The number of hydrogen-bond donors (Lipinski definition) is 2. The van der Waals surface area contributed by atoms with Crippen LogP contribution in [0.5, 0.6) is 0 Å². The third kappa shape index (κ3) is 4.42. The van der Waals surface area contributed by atoms with Crippen molar-refractivity contribution in [1.82, 2.24) is 19.9 Å². The molecule has 0 radical (unpaired) electrons. The smallest absolute Gasteiger partial charge is 0.253 e. The van der Waals surface area contributed by atoms with Crippen molar-refractivity contribution in [1.29, 1.82) is 5.26 Å². The highest BCUT2D eigenvalue weighted by atomic mass is 16.2. The fourth-order valence-corrected chi connectivity index (χ4v) is 4.12. The molecule has 0 saturated carbocycles. The number of nitrogens with one attached hydrogen (secondary N) is 1. The quantitative estimate of drug-likeness (QED) is 0.485. The number of benzene rings is 2. The number of carbonyl (C=O) groups is 1. The molecule has 1 aliphatic heterocycles. The minimum atomic E-state index is 0.00970. The molecule has 8 heteroatoms. The van der Waals surface area contributed by atoms with Gasteiger partial charge in [-0.05, 0) is 61.4 Å². The zero-order valence-electron chi connectivity index (χ0n) is 18.5. The number of amides is 1. The lowest BCUT2D eigenvalue weighted by atomic mass is 10.0. The second-order valence-electron chi connectivity index (χ2n) is 8.33. The maximum Gasteiger partial charge on any atom is 0.253 e. The molecule has 3 N–H and O–H groups in total. The summed E-state index contributed by atoms with van der Waals surface area (Å²) in [6, 6.07) is 20.6. The largest absolute Gasteiger partial charge is 0.338 e. The molecule has 1 amide bonds. The number of fused-ring (bicyclic) bond motifs is 1. The summed E-state index contributed by atoms with van der Waals surface area (Å²) in [7, 11) is 0. The van der Waals surface area contributed by atoms with Gasteiger partial charge >= 0.3 is 0 Å². The molecule has 8 nitrogen and oxygen atoms in total. The number of nitrogens with zero attached hydrogens (tertiary/aromatic N) is 5. The number of rotatable bonds is 4. The Labute approximate surface area is 197 Å². The van der Waals surface area contributed by atoms with E-state index in [2.05, 4.69) is 21.4 Å². The highest BCUT2D eigenvalue weighted by molar-refractivity contribution is 5.95. The van der Waals surface area contributed by atoms with Crippen LogP contribution in [0.1, 0.15) is 28.8 Å². The number of aromatic nitrogens is 3. The van der Waals surface area contributed by atoms with E-state index in [0.717, 1.165) is 36.3 Å². The van der Waals surface area contributed by atoms with E-state index in [1.807, 2.05) is 53.4 Å². The number of likely N-dealkylation sites (tertiary alicyclic amines) is 1. The molecule has 1 fully saturated rings. The predicted octanol–water partition coefficient (Wildman–Crippen LogP) is 3.87. The molecular weight excluding hydrogens is 426 g/mol. The van der Waals surface area contributed by atoms with Crippen LogP contribution in [0.4, 0.5) is 11.5 Å². The van der Waals surface area contributed by atoms with Gasteiger partial charge in [-0.25, -0.2) is 15.0 Å². The average Bonchev–Trinajstić information content (AvgIpc) is 2.89. The normalized spacial score (nSPS) is 15.6. The van der Waals surface area contributed by atoms with E-state index in [9.17, 15) is 4.79 Å². The predicted molar refractivity (Wildman–Crippen MR) is 130 cm³/mol. The summed E-state index contributed by atoms with van der Waals surface area (Å²) >= 11 is 0. The van der Waals surface area contributed by atoms with Gasteiger partial charge < -0.3 is 16.0 Å². The molecule has 1 atom stereocenters. The van der Waals surface area contributed by atoms with Crippen molar-refractivity contribution < 1.29 is 4.79 Å². The average molecular weight is 450 g/mol. The number of nitrogens with two attached hydrogens (primary N) is 1. The Kier molecular flexibility index (Phi) is 5.85. The van der Waals surface area contributed by atoms with E-state index >= 15 is 0 Å². The first-order valence-electron chi connectivity index (χ1n) is 11.1. The molecule has 1 aliphatic rings. The molecule has 0 unspecified atom stereocenters. The molecule has 2 aromatic carbocycles. The standard InChI is InChI=1S/C26H23N7O/c27-14-17-3-9-21(10-4-17)31-25-24-23(29-16-30-25)12-11-22(32-24)18-5-7-19(8-6-18)26(34)33-13-1-2-20(28)15-33/h3-12,16,20H,1-2,13,15,28H2,(H,29,30,31)/t20-/m1/s1. The third-order valence-electron chi connectivity index (χ3n) is 5.93. The van der Waals surface area contributed by atoms with Crippen LogP contribution in [0.25, 0.3) is 22.3 Å². The Bertz CT molecular complexity index is 1380. The van der Waals surface area contributed by atoms with Gasteiger partial charge in [-0.15, -0.1) is 0 Å². The first-order chi connectivity index (χ1) is 16.6. The van der Waals surface area contributed by atoms with Gasteiger partial charge in [0.25, 0.3) is 5.91 Å². The highest BCUT2D eigenvalue weighted by Gasteiger charge is 2.22. The first-order valence-corrected chi connectivity index (χ1v) is 11.1. The Balaban J connectivity index is 1.41. The van der Waals surface area contributed by atoms with E-state index in [1.54, 1.807) is 12.1 Å². The molecule has 1 saturated heterocycles. The number of anilines is 2. The van der Waals surface area contributed by atoms with Gasteiger partial charge in [-0.3, -0.25) is 4.79 Å². The summed E-state index contributed by atoms with van der Waals surface area (Å²) in [4.78, 5) is 28.2. The lowest BCUT2D eigenvalue weighted by Crippen LogP contribution is -2.45. The molecule has 3 heterocycles. The molecule has 4 aromatic rings. The molecule has 2 aromatic heterocycles. The van der Waals surface area contributed by atoms with Crippen molar-refractivity contribution in [2.45, 2.75) is 18.9 Å². The number of carbonyl (C=O) groups excluding carboxylic acids is 1. The SMILES string of the molecule is N#Cc1ccc(Nc2ncnc3ccc(-c4ccc(C(=O)N5CCC[C@@H](N)C5)cc4)nc23)cc1. The molecule has 0 aliphatic carbocycles. The van der Waals surface area contributed by atoms with E-state index in [-0.39, 0.29) is 11.9 Å².